The van der Waals surface area contributed by atoms with Crippen LogP contribution in [0.2, 0.25) is 0 Å². The largest absolute Gasteiger partial charge is 0.477 e. The van der Waals surface area contributed by atoms with E-state index in [0.717, 1.165) is 5.39 Å². The van der Waals surface area contributed by atoms with Crippen LogP contribution in [0, 0.1) is 5.82 Å². The van der Waals surface area contributed by atoms with Crippen LogP contribution in [0.1, 0.15) is 40.7 Å². The number of carboxylic acid groups (broad SMARTS) is 1. The molecule has 5 aromatic rings. The van der Waals surface area contributed by atoms with E-state index < -0.39 is 17.8 Å². The predicted molar refractivity (Wildman–Crippen MR) is 147 cm³/mol. The molecule has 0 bridgehead atoms. The second kappa shape index (κ2) is 9.92. The number of aromatic nitrogens is 2. The molecule has 0 atom stereocenters. The van der Waals surface area contributed by atoms with E-state index in [1.54, 1.807) is 37.3 Å². The van der Waals surface area contributed by atoms with E-state index in [9.17, 15) is 19.5 Å². The number of carboxylic acids is 1. The number of esters is 1. The highest BCUT2D eigenvalue weighted by Crippen LogP contribution is 2.40. The number of para-hydroxylation sites is 1. The van der Waals surface area contributed by atoms with E-state index in [2.05, 4.69) is 4.98 Å². The van der Waals surface area contributed by atoms with Crippen LogP contribution in [0.15, 0.2) is 71.4 Å². The number of nitrogens with zero attached hydrogens (tertiary/aromatic N) is 2. The summed E-state index contributed by atoms with van der Waals surface area (Å²) in [4.78, 5) is 42.7. The molecule has 3 heterocycles. The number of pyridine rings is 1. The van der Waals surface area contributed by atoms with Crippen LogP contribution in [-0.2, 0) is 27.3 Å². The standard InChI is InChI=1S/C31H23FN2O6/c1-2-39-26(36)14-18-13-17(19-7-3-5-9-23(19)33-18)16-34-24-15-22(32)20-11-12-40-30(20)28(24)27(29(34)31(37)38)21-8-4-6-10-25(21)35/h3-9,11-13,15H,2,10,14,16H2,1H3,(H,37,38). The first kappa shape index (κ1) is 25.2. The average Bonchev–Trinajstić information content (AvgIpc) is 3.53. The van der Waals surface area contributed by atoms with Gasteiger partial charge in [0.25, 0.3) is 0 Å². The van der Waals surface area contributed by atoms with Gasteiger partial charge in [0.15, 0.2) is 5.78 Å². The third-order valence-corrected chi connectivity index (χ3v) is 7.01. The van der Waals surface area contributed by atoms with E-state index in [0.29, 0.717) is 22.2 Å². The second-order valence-corrected chi connectivity index (χ2v) is 9.44. The van der Waals surface area contributed by atoms with Crippen molar-refractivity contribution in [1.82, 2.24) is 9.55 Å². The quantitative estimate of drug-likeness (QED) is 0.259. The van der Waals surface area contributed by atoms with Crippen LogP contribution in [-0.4, -0.2) is 39.0 Å². The molecule has 40 heavy (non-hydrogen) atoms. The number of carbonyl (C=O) groups excluding carboxylic acids is 2. The lowest BCUT2D eigenvalue weighted by atomic mass is 9.93. The van der Waals surface area contributed by atoms with Crippen molar-refractivity contribution in [3.05, 3.63) is 95.3 Å². The Labute approximate surface area is 227 Å². The summed E-state index contributed by atoms with van der Waals surface area (Å²) in [6, 6.07) is 11.8. The lowest BCUT2D eigenvalue weighted by Gasteiger charge is -2.14. The summed E-state index contributed by atoms with van der Waals surface area (Å²) in [6.07, 6.45) is 6.36. The van der Waals surface area contributed by atoms with E-state index in [-0.39, 0.29) is 65.1 Å². The van der Waals surface area contributed by atoms with Gasteiger partial charge in [-0.1, -0.05) is 36.4 Å². The second-order valence-electron chi connectivity index (χ2n) is 9.44. The molecule has 0 saturated carbocycles. The maximum absolute atomic E-state index is 15.3. The third kappa shape index (κ3) is 4.16. The topological polar surface area (TPSA) is 112 Å². The van der Waals surface area contributed by atoms with Gasteiger partial charge in [0.2, 0.25) is 0 Å². The Kier molecular flexibility index (Phi) is 6.26. The van der Waals surface area contributed by atoms with Crippen LogP contribution >= 0.6 is 0 Å². The molecular formula is C31H23FN2O6. The zero-order valence-corrected chi connectivity index (χ0v) is 21.4. The molecule has 3 aromatic heterocycles. The van der Waals surface area contributed by atoms with Crippen molar-refractivity contribution in [2.75, 3.05) is 6.61 Å². The molecule has 200 valence electrons. The molecule has 9 heteroatoms. The van der Waals surface area contributed by atoms with Gasteiger partial charge in [0, 0.05) is 29.5 Å². The molecule has 1 aliphatic carbocycles. The summed E-state index contributed by atoms with van der Waals surface area (Å²) in [5.41, 5.74) is 2.40. The fraction of sp³-hybridized carbons (Fsp3) is 0.161. The van der Waals surface area contributed by atoms with Crippen molar-refractivity contribution >= 4 is 56.1 Å². The summed E-state index contributed by atoms with van der Waals surface area (Å²) in [5.74, 6) is -2.54. The highest BCUT2D eigenvalue weighted by molar-refractivity contribution is 6.29. The molecule has 1 N–H and O–H groups in total. The number of halogens is 1. The molecule has 8 nitrogen and oxygen atoms in total. The van der Waals surface area contributed by atoms with Gasteiger partial charge in [-0.15, -0.1) is 0 Å². The molecule has 0 spiro atoms. The van der Waals surface area contributed by atoms with Gasteiger partial charge in [-0.25, -0.2) is 9.18 Å². The van der Waals surface area contributed by atoms with Crippen LogP contribution in [0.4, 0.5) is 4.39 Å². The van der Waals surface area contributed by atoms with Gasteiger partial charge < -0.3 is 18.8 Å². The number of fused-ring (bicyclic) bond motifs is 4. The number of rotatable bonds is 7. The molecular weight excluding hydrogens is 515 g/mol. The maximum Gasteiger partial charge on any atom is 0.353 e. The van der Waals surface area contributed by atoms with Gasteiger partial charge >= 0.3 is 11.9 Å². The minimum Gasteiger partial charge on any atom is -0.477 e. The number of ether oxygens (including phenoxy) is 1. The number of aromatic carboxylic acids is 1. The van der Waals surface area contributed by atoms with Gasteiger partial charge in [-0.3, -0.25) is 14.6 Å². The predicted octanol–water partition coefficient (Wildman–Crippen LogP) is 5.84. The number of carbonyl (C=O) groups is 3. The summed E-state index contributed by atoms with van der Waals surface area (Å²) in [6.45, 7) is 1.95. The lowest BCUT2D eigenvalue weighted by molar-refractivity contribution is -0.142. The Morgan fingerprint density at radius 2 is 2.00 bits per heavy atom. The van der Waals surface area contributed by atoms with Crippen LogP contribution in [0.25, 0.3) is 38.3 Å². The fourth-order valence-corrected chi connectivity index (χ4v) is 5.38. The highest BCUT2D eigenvalue weighted by atomic mass is 19.1. The zero-order chi connectivity index (χ0) is 28.0. The van der Waals surface area contributed by atoms with Crippen LogP contribution in [0.3, 0.4) is 0 Å². The van der Waals surface area contributed by atoms with Crippen molar-refractivity contribution in [2.45, 2.75) is 26.3 Å². The maximum atomic E-state index is 15.3. The minimum absolute atomic E-state index is 0.0000426. The van der Waals surface area contributed by atoms with E-state index in [1.165, 1.54) is 23.0 Å². The number of furan rings is 1. The summed E-state index contributed by atoms with van der Waals surface area (Å²) in [7, 11) is 0. The molecule has 0 unspecified atom stereocenters. The van der Waals surface area contributed by atoms with Gasteiger partial charge in [0.1, 0.15) is 17.1 Å². The highest BCUT2D eigenvalue weighted by Gasteiger charge is 2.31. The molecule has 6 rings (SSSR count). The SMILES string of the molecule is CCOC(=O)Cc1cc(Cn2c(C(=O)O)c(C3=CC=CCC3=O)c3c4occc4c(F)cc32)c2ccccc2n1. The molecule has 0 amide bonds. The number of Topliss-reactive ketones (excluding diaryl/α,β-unsaturated/α-hetero) is 1. The van der Waals surface area contributed by atoms with Crippen molar-refractivity contribution < 1.29 is 33.0 Å². The Morgan fingerprint density at radius 1 is 1.18 bits per heavy atom. The number of benzene rings is 2. The number of ketones is 1. The zero-order valence-electron chi connectivity index (χ0n) is 21.4. The first-order valence-corrected chi connectivity index (χ1v) is 12.8. The Bertz CT molecular complexity index is 1930. The normalized spacial score (nSPS) is 13.3. The molecule has 1 aliphatic rings. The van der Waals surface area contributed by atoms with Gasteiger partial charge in [-0.05, 0) is 36.8 Å². The molecule has 0 saturated heterocycles. The Balaban J connectivity index is 1.65. The van der Waals surface area contributed by atoms with Gasteiger partial charge in [0.05, 0.1) is 46.8 Å². The number of hydrogen-bond acceptors (Lipinski definition) is 6. The molecule has 0 aliphatic heterocycles. The molecule has 0 fully saturated rings. The Hall–Kier alpha value is -5.05. The van der Waals surface area contributed by atoms with Crippen LogP contribution < -0.4 is 0 Å². The number of allylic oxidation sites excluding steroid dienone is 4. The number of hydrogen-bond donors (Lipinski definition) is 1. The summed E-state index contributed by atoms with van der Waals surface area (Å²) < 4.78 is 27.5. The first-order chi connectivity index (χ1) is 19.4. The van der Waals surface area contributed by atoms with E-state index in [4.69, 9.17) is 9.15 Å². The van der Waals surface area contributed by atoms with Gasteiger partial charge in [-0.2, -0.15) is 0 Å². The van der Waals surface area contributed by atoms with Crippen molar-refractivity contribution in [2.24, 2.45) is 0 Å². The smallest absolute Gasteiger partial charge is 0.353 e. The first-order valence-electron chi connectivity index (χ1n) is 12.8. The van der Waals surface area contributed by atoms with Crippen molar-refractivity contribution in [3.8, 4) is 0 Å². The fourth-order valence-electron chi connectivity index (χ4n) is 5.38. The lowest BCUT2D eigenvalue weighted by Crippen LogP contribution is -2.14. The third-order valence-electron chi connectivity index (χ3n) is 7.01. The average molecular weight is 539 g/mol. The summed E-state index contributed by atoms with van der Waals surface area (Å²) >= 11 is 0. The Morgan fingerprint density at radius 3 is 2.77 bits per heavy atom. The minimum atomic E-state index is -1.28. The van der Waals surface area contributed by atoms with E-state index in [1.807, 2.05) is 18.2 Å². The molecule has 2 aromatic carbocycles. The van der Waals surface area contributed by atoms with Crippen molar-refractivity contribution in [3.63, 3.8) is 0 Å². The van der Waals surface area contributed by atoms with Crippen molar-refractivity contribution in [1.29, 1.82) is 0 Å². The molecule has 0 radical (unpaired) electrons. The van der Waals surface area contributed by atoms with E-state index >= 15 is 4.39 Å². The summed E-state index contributed by atoms with van der Waals surface area (Å²) in [5, 5.41) is 11.8. The monoisotopic (exact) mass is 538 g/mol. The van der Waals surface area contributed by atoms with Crippen LogP contribution in [0.5, 0.6) is 0 Å².